The fourth-order valence-corrected chi connectivity index (χ4v) is 2.55. The van der Waals surface area contributed by atoms with E-state index in [0.29, 0.717) is 15.3 Å². The molecule has 0 unspecified atom stereocenters. The summed E-state index contributed by atoms with van der Waals surface area (Å²) in [5.74, 6) is -1.66. The number of rotatable bonds is 4. The molecule has 110 valence electrons. The quantitative estimate of drug-likeness (QED) is 0.835. The molecule has 1 aromatic carbocycles. The van der Waals surface area contributed by atoms with Crippen LogP contribution in [0.1, 0.15) is 23.0 Å². The zero-order valence-electron chi connectivity index (χ0n) is 10.9. The third-order valence-corrected chi connectivity index (χ3v) is 3.63. The molecule has 0 bridgehead atoms. The molecule has 0 fully saturated rings. The van der Waals surface area contributed by atoms with E-state index >= 15 is 0 Å². The molecule has 1 heterocycles. The van der Waals surface area contributed by atoms with E-state index in [1.165, 1.54) is 36.5 Å². The number of aromatic nitrogens is 1. The summed E-state index contributed by atoms with van der Waals surface area (Å²) in [4.78, 5) is 26.7. The van der Waals surface area contributed by atoms with Crippen molar-refractivity contribution < 1.29 is 18.7 Å². The van der Waals surface area contributed by atoms with Crippen molar-refractivity contribution in [2.45, 2.75) is 13.5 Å². The average molecular weight is 373 g/mol. The largest absolute Gasteiger partial charge is 0.455 e. The molecule has 1 N–H and O–H groups in total. The first-order valence-electron chi connectivity index (χ1n) is 5.80. The Morgan fingerprint density at radius 3 is 2.95 bits per heavy atom. The minimum Gasteiger partial charge on any atom is -0.455 e. The molecule has 0 saturated carbocycles. The summed E-state index contributed by atoms with van der Waals surface area (Å²) in [6.45, 7) is 1.28. The van der Waals surface area contributed by atoms with Crippen LogP contribution in [0, 0.1) is 5.82 Å². The van der Waals surface area contributed by atoms with Gasteiger partial charge in [0.2, 0.25) is 5.91 Å². The molecule has 2 rings (SSSR count). The Kier molecular flexibility index (Phi) is 5.03. The first kappa shape index (κ1) is 15.6. The maximum absolute atomic E-state index is 13.5. The zero-order valence-corrected chi connectivity index (χ0v) is 13.3. The Hall–Kier alpha value is -1.80. The lowest BCUT2D eigenvalue weighted by Gasteiger charge is -2.04. The van der Waals surface area contributed by atoms with Gasteiger partial charge < -0.3 is 10.1 Å². The topological polar surface area (TPSA) is 68.3 Å². The second-order valence-corrected chi connectivity index (χ2v) is 5.80. The van der Waals surface area contributed by atoms with E-state index in [-0.39, 0.29) is 18.1 Å². The molecule has 2 aromatic rings. The second kappa shape index (κ2) is 6.77. The van der Waals surface area contributed by atoms with Crippen LogP contribution in [0.15, 0.2) is 28.1 Å². The highest BCUT2D eigenvalue weighted by Crippen LogP contribution is 2.19. The van der Waals surface area contributed by atoms with E-state index in [0.717, 1.165) is 0 Å². The van der Waals surface area contributed by atoms with Crippen LogP contribution in [0.5, 0.6) is 0 Å². The van der Waals surface area contributed by atoms with Crippen LogP contribution in [-0.4, -0.2) is 16.9 Å². The number of benzene rings is 1. The Morgan fingerprint density at radius 1 is 1.48 bits per heavy atom. The van der Waals surface area contributed by atoms with Crippen LogP contribution in [0.2, 0.25) is 0 Å². The highest BCUT2D eigenvalue weighted by molar-refractivity contribution is 9.10. The number of carbonyl (C=O) groups excluding carboxylic acids is 2. The molecule has 5 nitrogen and oxygen atoms in total. The summed E-state index contributed by atoms with van der Waals surface area (Å²) in [6, 6.07) is 4.02. The number of anilines is 1. The number of amides is 1. The van der Waals surface area contributed by atoms with E-state index < -0.39 is 11.8 Å². The molecule has 0 atom stereocenters. The molecule has 0 saturated heterocycles. The normalized spacial score (nSPS) is 10.2. The summed E-state index contributed by atoms with van der Waals surface area (Å²) in [7, 11) is 0. The summed E-state index contributed by atoms with van der Waals surface area (Å²) < 4.78 is 19.1. The van der Waals surface area contributed by atoms with Gasteiger partial charge in [-0.05, 0) is 18.2 Å². The maximum atomic E-state index is 13.5. The van der Waals surface area contributed by atoms with Gasteiger partial charge in [0.25, 0.3) is 0 Å². The number of hydrogen-bond donors (Lipinski definition) is 1. The smallest absolute Gasteiger partial charge is 0.341 e. The lowest BCUT2D eigenvalue weighted by atomic mass is 10.2. The molecule has 1 amide bonds. The van der Waals surface area contributed by atoms with Crippen molar-refractivity contribution in [1.29, 1.82) is 0 Å². The first-order chi connectivity index (χ1) is 9.95. The Morgan fingerprint density at radius 2 is 2.24 bits per heavy atom. The summed E-state index contributed by atoms with van der Waals surface area (Å²) >= 11 is 4.38. The minimum absolute atomic E-state index is 0.0964. The number of hydrogen-bond acceptors (Lipinski definition) is 5. The van der Waals surface area contributed by atoms with E-state index in [1.807, 2.05) is 0 Å². The SMILES string of the molecule is CC(=O)Nc1nc(COC(=O)c2cc(Br)ccc2F)cs1. The zero-order chi connectivity index (χ0) is 15.4. The third-order valence-electron chi connectivity index (χ3n) is 2.33. The van der Waals surface area contributed by atoms with Crippen molar-refractivity contribution in [1.82, 2.24) is 4.98 Å². The van der Waals surface area contributed by atoms with Crippen LogP contribution < -0.4 is 5.32 Å². The average Bonchev–Trinajstić information content (AvgIpc) is 2.85. The van der Waals surface area contributed by atoms with Gasteiger partial charge in [0.15, 0.2) is 5.13 Å². The van der Waals surface area contributed by atoms with Crippen molar-refractivity contribution in [2.75, 3.05) is 5.32 Å². The molecule has 8 heteroatoms. The Balaban J connectivity index is 1.99. The maximum Gasteiger partial charge on any atom is 0.341 e. The van der Waals surface area contributed by atoms with Crippen molar-refractivity contribution in [3.05, 3.63) is 45.1 Å². The van der Waals surface area contributed by atoms with Gasteiger partial charge in [0, 0.05) is 16.8 Å². The lowest BCUT2D eigenvalue weighted by molar-refractivity contribution is -0.114. The highest BCUT2D eigenvalue weighted by Gasteiger charge is 2.14. The molecule has 0 radical (unpaired) electrons. The Bertz CT molecular complexity index is 690. The van der Waals surface area contributed by atoms with E-state index in [9.17, 15) is 14.0 Å². The van der Waals surface area contributed by atoms with Crippen LogP contribution >= 0.6 is 27.3 Å². The Labute approximate surface area is 132 Å². The summed E-state index contributed by atoms with van der Waals surface area (Å²) in [5, 5.41) is 4.59. The van der Waals surface area contributed by atoms with Gasteiger partial charge in [-0.25, -0.2) is 14.2 Å². The predicted molar refractivity (Wildman–Crippen MR) is 79.6 cm³/mol. The van der Waals surface area contributed by atoms with Gasteiger partial charge >= 0.3 is 5.97 Å². The molecule has 0 aliphatic rings. The second-order valence-electron chi connectivity index (χ2n) is 4.03. The molecule has 0 aliphatic heterocycles. The van der Waals surface area contributed by atoms with E-state index in [4.69, 9.17) is 4.74 Å². The van der Waals surface area contributed by atoms with Crippen LogP contribution in [0.4, 0.5) is 9.52 Å². The molecule has 0 aliphatic carbocycles. The van der Waals surface area contributed by atoms with Gasteiger partial charge in [-0.3, -0.25) is 4.79 Å². The van der Waals surface area contributed by atoms with Crippen LogP contribution in [0.25, 0.3) is 0 Å². The predicted octanol–water partition coefficient (Wildman–Crippen LogP) is 3.36. The molecule has 0 spiro atoms. The fourth-order valence-electron chi connectivity index (χ4n) is 1.45. The number of halogens is 2. The number of nitrogens with one attached hydrogen (secondary N) is 1. The lowest BCUT2D eigenvalue weighted by Crippen LogP contribution is -2.08. The van der Waals surface area contributed by atoms with E-state index in [1.54, 1.807) is 5.38 Å². The standard InChI is InChI=1S/C13H10BrFN2O3S/c1-7(18)16-13-17-9(6-21-13)5-20-12(19)10-4-8(14)2-3-11(10)15/h2-4,6H,5H2,1H3,(H,16,17,18). The van der Waals surface area contributed by atoms with Crippen molar-refractivity contribution in [3.63, 3.8) is 0 Å². The number of ether oxygens (including phenoxy) is 1. The van der Waals surface area contributed by atoms with Crippen LogP contribution in [-0.2, 0) is 16.1 Å². The van der Waals surface area contributed by atoms with Crippen molar-refractivity contribution >= 4 is 44.3 Å². The van der Waals surface area contributed by atoms with Crippen LogP contribution in [0.3, 0.4) is 0 Å². The fraction of sp³-hybridized carbons (Fsp3) is 0.154. The molecular formula is C13H10BrFN2O3S. The molecule has 21 heavy (non-hydrogen) atoms. The number of esters is 1. The number of nitrogens with zero attached hydrogens (tertiary/aromatic N) is 1. The number of carbonyl (C=O) groups is 2. The minimum atomic E-state index is -0.775. The molecular weight excluding hydrogens is 363 g/mol. The highest BCUT2D eigenvalue weighted by atomic mass is 79.9. The third kappa shape index (κ3) is 4.33. The van der Waals surface area contributed by atoms with Gasteiger partial charge in [-0.15, -0.1) is 11.3 Å². The van der Waals surface area contributed by atoms with Gasteiger partial charge in [0.05, 0.1) is 11.3 Å². The van der Waals surface area contributed by atoms with Gasteiger partial charge in [0.1, 0.15) is 12.4 Å². The van der Waals surface area contributed by atoms with Gasteiger partial charge in [-0.1, -0.05) is 15.9 Å². The monoisotopic (exact) mass is 372 g/mol. The van der Waals surface area contributed by atoms with E-state index in [2.05, 4.69) is 26.2 Å². The van der Waals surface area contributed by atoms with Crippen molar-refractivity contribution in [2.24, 2.45) is 0 Å². The van der Waals surface area contributed by atoms with Gasteiger partial charge in [-0.2, -0.15) is 0 Å². The first-order valence-corrected chi connectivity index (χ1v) is 7.47. The number of thiazole rings is 1. The summed E-state index contributed by atoms with van der Waals surface area (Å²) in [6.07, 6.45) is 0. The summed E-state index contributed by atoms with van der Waals surface area (Å²) in [5.41, 5.74) is 0.328. The van der Waals surface area contributed by atoms with Crippen molar-refractivity contribution in [3.8, 4) is 0 Å². The molecule has 1 aromatic heterocycles.